The van der Waals surface area contributed by atoms with Crippen molar-refractivity contribution in [3.63, 3.8) is 0 Å². The van der Waals surface area contributed by atoms with Gasteiger partial charge in [0.15, 0.2) is 5.84 Å². The first-order valence-electron chi connectivity index (χ1n) is 7.03. The fourth-order valence-corrected chi connectivity index (χ4v) is 2.80. The molecule has 1 aromatic carbocycles. The van der Waals surface area contributed by atoms with Gasteiger partial charge < -0.3 is 20.7 Å². The number of aryl methyl sites for hydroxylation is 1. The van der Waals surface area contributed by atoms with Crippen LogP contribution in [0.4, 0.5) is 5.69 Å². The number of piperidine rings is 1. The molecule has 110 valence electrons. The van der Waals surface area contributed by atoms with E-state index in [1.165, 1.54) is 18.5 Å². The van der Waals surface area contributed by atoms with Crippen molar-refractivity contribution in [1.82, 2.24) is 4.90 Å². The number of oxime groups is 1. The maximum atomic E-state index is 8.77. The first-order chi connectivity index (χ1) is 9.52. The third kappa shape index (κ3) is 3.04. The Bertz CT molecular complexity index is 499. The van der Waals surface area contributed by atoms with Crippen LogP contribution in [0.2, 0.25) is 0 Å². The van der Waals surface area contributed by atoms with Crippen molar-refractivity contribution in [2.75, 3.05) is 32.1 Å². The van der Waals surface area contributed by atoms with Gasteiger partial charge in [0.25, 0.3) is 0 Å². The number of likely N-dealkylation sites (N-methyl/N-ethyl adjacent to an activating group) is 1. The number of benzene rings is 1. The molecule has 0 bridgehead atoms. The van der Waals surface area contributed by atoms with Crippen molar-refractivity contribution in [3.05, 3.63) is 29.3 Å². The predicted molar refractivity (Wildman–Crippen MR) is 82.6 cm³/mol. The van der Waals surface area contributed by atoms with Crippen LogP contribution in [0.5, 0.6) is 0 Å². The second-order valence-electron chi connectivity index (χ2n) is 5.69. The molecule has 0 amide bonds. The van der Waals surface area contributed by atoms with E-state index in [9.17, 15) is 0 Å². The summed E-state index contributed by atoms with van der Waals surface area (Å²) in [5, 5.41) is 11.8. The number of hydrogen-bond acceptors (Lipinski definition) is 4. The highest BCUT2D eigenvalue weighted by atomic mass is 16.4. The summed E-state index contributed by atoms with van der Waals surface area (Å²) >= 11 is 0. The average molecular weight is 276 g/mol. The molecule has 0 spiro atoms. The number of rotatable bonds is 3. The van der Waals surface area contributed by atoms with Crippen LogP contribution in [0.25, 0.3) is 0 Å². The first kappa shape index (κ1) is 14.7. The van der Waals surface area contributed by atoms with Gasteiger partial charge in [-0.05, 0) is 57.6 Å². The average Bonchev–Trinajstić information content (AvgIpc) is 2.46. The molecular weight excluding hydrogens is 252 g/mol. The fourth-order valence-electron chi connectivity index (χ4n) is 2.80. The van der Waals surface area contributed by atoms with E-state index in [0.29, 0.717) is 6.04 Å². The lowest BCUT2D eigenvalue weighted by molar-refractivity contribution is 0.258. The quantitative estimate of drug-likeness (QED) is 0.381. The Morgan fingerprint density at radius 2 is 2.20 bits per heavy atom. The molecule has 1 fully saturated rings. The molecule has 20 heavy (non-hydrogen) atoms. The van der Waals surface area contributed by atoms with E-state index >= 15 is 0 Å². The molecule has 0 aliphatic carbocycles. The molecule has 5 heteroatoms. The van der Waals surface area contributed by atoms with Gasteiger partial charge in [-0.1, -0.05) is 5.16 Å². The Kier molecular flexibility index (Phi) is 4.49. The minimum Gasteiger partial charge on any atom is -0.409 e. The van der Waals surface area contributed by atoms with Crippen LogP contribution in [0.1, 0.15) is 24.0 Å². The van der Waals surface area contributed by atoms with Crippen LogP contribution in [0.15, 0.2) is 23.4 Å². The highest BCUT2D eigenvalue weighted by molar-refractivity contribution is 5.98. The summed E-state index contributed by atoms with van der Waals surface area (Å²) in [6.07, 6.45) is 2.47. The number of amidine groups is 1. The van der Waals surface area contributed by atoms with Crippen molar-refractivity contribution in [1.29, 1.82) is 0 Å². The van der Waals surface area contributed by atoms with E-state index in [1.54, 1.807) is 0 Å². The molecule has 0 radical (unpaired) electrons. The maximum absolute atomic E-state index is 8.77. The molecule has 1 aliphatic heterocycles. The fraction of sp³-hybridized carbons (Fsp3) is 0.533. The summed E-state index contributed by atoms with van der Waals surface area (Å²) in [6, 6.07) is 6.70. The van der Waals surface area contributed by atoms with Crippen LogP contribution in [0, 0.1) is 6.92 Å². The lowest BCUT2D eigenvalue weighted by Gasteiger charge is -2.37. The Morgan fingerprint density at radius 3 is 2.80 bits per heavy atom. The van der Waals surface area contributed by atoms with Gasteiger partial charge in [0.2, 0.25) is 0 Å². The number of anilines is 1. The third-order valence-electron chi connectivity index (χ3n) is 4.09. The molecule has 1 aliphatic rings. The third-order valence-corrected chi connectivity index (χ3v) is 4.09. The van der Waals surface area contributed by atoms with E-state index in [-0.39, 0.29) is 5.84 Å². The molecule has 3 N–H and O–H groups in total. The monoisotopic (exact) mass is 276 g/mol. The predicted octanol–water partition coefficient (Wildman–Crippen LogP) is 1.62. The lowest BCUT2D eigenvalue weighted by atomic mass is 10.0. The zero-order chi connectivity index (χ0) is 14.7. The molecular formula is C15H24N4O. The first-order valence-corrected chi connectivity index (χ1v) is 7.03. The zero-order valence-electron chi connectivity index (χ0n) is 12.5. The minimum absolute atomic E-state index is 0.166. The van der Waals surface area contributed by atoms with Gasteiger partial charge in [-0.25, -0.2) is 0 Å². The van der Waals surface area contributed by atoms with Crippen LogP contribution < -0.4 is 10.6 Å². The summed E-state index contributed by atoms with van der Waals surface area (Å²) in [4.78, 5) is 4.71. The summed E-state index contributed by atoms with van der Waals surface area (Å²) in [5.41, 5.74) is 8.70. The second kappa shape index (κ2) is 6.13. The molecule has 1 atom stereocenters. The lowest BCUT2D eigenvalue weighted by Crippen LogP contribution is -2.45. The van der Waals surface area contributed by atoms with E-state index in [1.807, 2.05) is 13.0 Å². The Hall–Kier alpha value is -1.75. The molecule has 0 aromatic heterocycles. The van der Waals surface area contributed by atoms with Crippen molar-refractivity contribution in [2.24, 2.45) is 10.9 Å². The highest BCUT2D eigenvalue weighted by Crippen LogP contribution is 2.24. The van der Waals surface area contributed by atoms with E-state index < -0.39 is 0 Å². The smallest absolute Gasteiger partial charge is 0.170 e. The molecule has 1 aromatic rings. The summed E-state index contributed by atoms with van der Waals surface area (Å²) in [5.74, 6) is 0.166. The number of hydrogen-bond donors (Lipinski definition) is 2. The van der Waals surface area contributed by atoms with E-state index in [2.05, 4.69) is 41.2 Å². The van der Waals surface area contributed by atoms with E-state index in [0.717, 1.165) is 24.2 Å². The number of nitrogens with two attached hydrogens (primary N) is 1. The van der Waals surface area contributed by atoms with Crippen molar-refractivity contribution < 1.29 is 5.21 Å². The van der Waals surface area contributed by atoms with Gasteiger partial charge in [-0.2, -0.15) is 0 Å². The Labute approximate surface area is 120 Å². The largest absolute Gasteiger partial charge is 0.409 e. The SMILES string of the molecule is Cc1cc(N2CCCC(N(C)C)C2)ccc1/C(N)=N/O. The van der Waals surface area contributed by atoms with Crippen LogP contribution >= 0.6 is 0 Å². The molecule has 5 nitrogen and oxygen atoms in total. The summed E-state index contributed by atoms with van der Waals surface area (Å²) in [7, 11) is 4.28. The summed E-state index contributed by atoms with van der Waals surface area (Å²) < 4.78 is 0. The molecule has 0 saturated carbocycles. The number of nitrogens with zero attached hydrogens (tertiary/aromatic N) is 3. The van der Waals surface area contributed by atoms with Crippen molar-refractivity contribution >= 4 is 11.5 Å². The van der Waals surface area contributed by atoms with Gasteiger partial charge in [0, 0.05) is 30.4 Å². The molecule has 1 unspecified atom stereocenters. The normalized spacial score (nSPS) is 20.5. The minimum atomic E-state index is 0.166. The standard InChI is InChI=1S/C15H24N4O/c1-11-9-12(6-7-14(11)15(16)17-20)19-8-4-5-13(10-19)18(2)3/h6-7,9,13,20H,4-5,8,10H2,1-3H3,(H2,16,17). The van der Waals surface area contributed by atoms with Crippen LogP contribution in [-0.4, -0.2) is 49.2 Å². The van der Waals surface area contributed by atoms with Gasteiger partial charge >= 0.3 is 0 Å². The van der Waals surface area contributed by atoms with Crippen molar-refractivity contribution in [3.8, 4) is 0 Å². The maximum Gasteiger partial charge on any atom is 0.170 e. The van der Waals surface area contributed by atoms with Crippen LogP contribution in [0.3, 0.4) is 0 Å². The van der Waals surface area contributed by atoms with Crippen molar-refractivity contribution in [2.45, 2.75) is 25.8 Å². The van der Waals surface area contributed by atoms with Gasteiger partial charge in [0.1, 0.15) is 0 Å². The molecule has 2 rings (SSSR count). The molecule has 1 saturated heterocycles. The van der Waals surface area contributed by atoms with Crippen LogP contribution in [-0.2, 0) is 0 Å². The zero-order valence-corrected chi connectivity index (χ0v) is 12.5. The van der Waals surface area contributed by atoms with Gasteiger partial charge in [0.05, 0.1) is 0 Å². The Balaban J connectivity index is 2.19. The van der Waals surface area contributed by atoms with E-state index in [4.69, 9.17) is 10.9 Å². The van der Waals surface area contributed by atoms with Gasteiger partial charge in [-0.15, -0.1) is 0 Å². The highest BCUT2D eigenvalue weighted by Gasteiger charge is 2.21. The Morgan fingerprint density at radius 1 is 1.45 bits per heavy atom. The van der Waals surface area contributed by atoms with Gasteiger partial charge in [-0.3, -0.25) is 0 Å². The topological polar surface area (TPSA) is 65.1 Å². The molecule has 1 heterocycles. The second-order valence-corrected chi connectivity index (χ2v) is 5.69. The summed E-state index contributed by atoms with van der Waals surface area (Å²) in [6.45, 7) is 4.13.